The van der Waals surface area contributed by atoms with Gasteiger partial charge in [0.15, 0.2) is 0 Å². The van der Waals surface area contributed by atoms with Crippen molar-refractivity contribution in [1.82, 2.24) is 4.98 Å². The first-order chi connectivity index (χ1) is 7.90. The Morgan fingerprint density at radius 2 is 2.44 bits per heavy atom. The molecule has 1 aromatic heterocycles. The summed E-state index contributed by atoms with van der Waals surface area (Å²) in [4.78, 5) is 4.17. The molecular formula is C12H16ClNO2. The van der Waals surface area contributed by atoms with Crippen molar-refractivity contribution in [3.05, 3.63) is 23.9 Å². The highest BCUT2D eigenvalue weighted by molar-refractivity contribution is 6.17. The monoisotopic (exact) mass is 241 g/mol. The maximum Gasteiger partial charge on any atom is 0.217 e. The molecule has 2 heterocycles. The number of hydrogen-bond acceptors (Lipinski definition) is 3. The van der Waals surface area contributed by atoms with Crippen LogP contribution in [0.3, 0.4) is 0 Å². The summed E-state index contributed by atoms with van der Waals surface area (Å²) in [7, 11) is 0. The SMILES string of the molecule is ClCc1cccnc1OCC1CCCCO1. The Morgan fingerprint density at radius 3 is 3.19 bits per heavy atom. The number of pyridine rings is 1. The minimum Gasteiger partial charge on any atom is -0.475 e. The zero-order valence-electron chi connectivity index (χ0n) is 9.19. The van der Waals surface area contributed by atoms with E-state index >= 15 is 0 Å². The van der Waals surface area contributed by atoms with Crippen LogP contribution in [0.15, 0.2) is 18.3 Å². The van der Waals surface area contributed by atoms with E-state index in [1.165, 1.54) is 6.42 Å². The Morgan fingerprint density at radius 1 is 1.50 bits per heavy atom. The van der Waals surface area contributed by atoms with Crippen LogP contribution in [-0.2, 0) is 10.6 Å². The number of halogens is 1. The summed E-state index contributed by atoms with van der Waals surface area (Å²) in [5, 5.41) is 0. The Labute approximate surface area is 101 Å². The second kappa shape index (κ2) is 6.06. The smallest absolute Gasteiger partial charge is 0.217 e. The van der Waals surface area contributed by atoms with Gasteiger partial charge in [-0.25, -0.2) is 4.98 Å². The Bertz CT molecular complexity index is 327. The third-order valence-corrected chi connectivity index (χ3v) is 2.96. The molecule has 1 atom stereocenters. The molecule has 0 aromatic carbocycles. The normalized spacial score (nSPS) is 20.7. The van der Waals surface area contributed by atoms with Crippen molar-refractivity contribution in [3.8, 4) is 5.88 Å². The van der Waals surface area contributed by atoms with E-state index in [0.29, 0.717) is 18.4 Å². The minimum absolute atomic E-state index is 0.207. The topological polar surface area (TPSA) is 31.4 Å². The van der Waals surface area contributed by atoms with Gasteiger partial charge in [0.25, 0.3) is 0 Å². The molecule has 4 heteroatoms. The molecule has 16 heavy (non-hydrogen) atoms. The number of rotatable bonds is 4. The van der Waals surface area contributed by atoms with Crippen molar-refractivity contribution >= 4 is 11.6 Å². The zero-order valence-corrected chi connectivity index (χ0v) is 9.95. The van der Waals surface area contributed by atoms with E-state index in [1.54, 1.807) is 6.20 Å². The number of ether oxygens (including phenoxy) is 2. The highest BCUT2D eigenvalue weighted by atomic mass is 35.5. The van der Waals surface area contributed by atoms with Crippen LogP contribution >= 0.6 is 11.6 Å². The van der Waals surface area contributed by atoms with E-state index in [0.717, 1.165) is 25.0 Å². The molecule has 0 radical (unpaired) electrons. The summed E-state index contributed by atoms with van der Waals surface area (Å²) in [6.07, 6.45) is 5.38. The summed E-state index contributed by atoms with van der Waals surface area (Å²) >= 11 is 5.80. The predicted octanol–water partition coefficient (Wildman–Crippen LogP) is 2.77. The molecular weight excluding hydrogens is 226 g/mol. The van der Waals surface area contributed by atoms with Gasteiger partial charge < -0.3 is 9.47 Å². The van der Waals surface area contributed by atoms with Crippen molar-refractivity contribution in [3.63, 3.8) is 0 Å². The van der Waals surface area contributed by atoms with Crippen LogP contribution in [-0.4, -0.2) is 24.3 Å². The van der Waals surface area contributed by atoms with Gasteiger partial charge in [-0.15, -0.1) is 11.6 Å². The van der Waals surface area contributed by atoms with Gasteiger partial charge in [-0.3, -0.25) is 0 Å². The van der Waals surface area contributed by atoms with Crippen molar-refractivity contribution in [2.45, 2.75) is 31.2 Å². The maximum atomic E-state index is 5.80. The molecule has 1 aliphatic rings. The first-order valence-corrected chi connectivity index (χ1v) is 6.18. The van der Waals surface area contributed by atoms with Crippen molar-refractivity contribution in [2.24, 2.45) is 0 Å². The molecule has 1 fully saturated rings. The molecule has 0 spiro atoms. The van der Waals surface area contributed by atoms with Gasteiger partial charge in [0, 0.05) is 18.4 Å². The van der Waals surface area contributed by atoms with E-state index in [-0.39, 0.29) is 6.10 Å². The van der Waals surface area contributed by atoms with Gasteiger partial charge >= 0.3 is 0 Å². The van der Waals surface area contributed by atoms with Crippen LogP contribution < -0.4 is 4.74 Å². The molecule has 0 amide bonds. The molecule has 3 nitrogen and oxygen atoms in total. The fourth-order valence-corrected chi connectivity index (χ4v) is 1.97. The molecule has 0 N–H and O–H groups in total. The predicted molar refractivity (Wildman–Crippen MR) is 62.9 cm³/mol. The van der Waals surface area contributed by atoms with Crippen LogP contribution in [0, 0.1) is 0 Å². The minimum atomic E-state index is 0.207. The Balaban J connectivity index is 1.88. The van der Waals surface area contributed by atoms with Crippen molar-refractivity contribution in [1.29, 1.82) is 0 Å². The van der Waals surface area contributed by atoms with Gasteiger partial charge in [0.2, 0.25) is 5.88 Å². The second-order valence-corrected chi connectivity index (χ2v) is 4.17. The van der Waals surface area contributed by atoms with Crippen molar-refractivity contribution in [2.75, 3.05) is 13.2 Å². The number of alkyl halides is 1. The lowest BCUT2D eigenvalue weighted by Crippen LogP contribution is -2.26. The molecule has 88 valence electrons. The summed E-state index contributed by atoms with van der Waals surface area (Å²) < 4.78 is 11.2. The summed E-state index contributed by atoms with van der Waals surface area (Å²) in [6.45, 7) is 1.42. The fraction of sp³-hybridized carbons (Fsp3) is 0.583. The molecule has 1 unspecified atom stereocenters. The first kappa shape index (κ1) is 11.7. The van der Waals surface area contributed by atoms with Gasteiger partial charge in [0.1, 0.15) is 6.61 Å². The zero-order chi connectivity index (χ0) is 11.2. The average molecular weight is 242 g/mol. The van der Waals surface area contributed by atoms with Crippen molar-refractivity contribution < 1.29 is 9.47 Å². The molecule has 0 saturated carbocycles. The Kier molecular flexibility index (Phi) is 4.43. The second-order valence-electron chi connectivity index (χ2n) is 3.90. The van der Waals surface area contributed by atoms with Crippen LogP contribution in [0.4, 0.5) is 0 Å². The largest absolute Gasteiger partial charge is 0.475 e. The molecule has 1 aliphatic heterocycles. The molecule has 0 aliphatic carbocycles. The number of hydrogen-bond donors (Lipinski definition) is 0. The summed E-state index contributed by atoms with van der Waals surface area (Å²) in [5.74, 6) is 1.06. The highest BCUT2D eigenvalue weighted by Crippen LogP contribution is 2.18. The molecule has 1 aromatic rings. The van der Waals surface area contributed by atoms with Gasteiger partial charge in [-0.05, 0) is 25.3 Å². The van der Waals surface area contributed by atoms with Crippen LogP contribution in [0.25, 0.3) is 0 Å². The lowest BCUT2D eigenvalue weighted by atomic mass is 10.1. The molecule has 2 rings (SSSR count). The van der Waals surface area contributed by atoms with E-state index in [1.807, 2.05) is 12.1 Å². The van der Waals surface area contributed by atoms with E-state index in [4.69, 9.17) is 21.1 Å². The van der Waals surface area contributed by atoms with E-state index in [2.05, 4.69) is 4.98 Å². The fourth-order valence-electron chi connectivity index (χ4n) is 1.77. The quantitative estimate of drug-likeness (QED) is 0.760. The number of aromatic nitrogens is 1. The lowest BCUT2D eigenvalue weighted by molar-refractivity contribution is -0.0120. The lowest BCUT2D eigenvalue weighted by Gasteiger charge is -2.22. The summed E-state index contributed by atoms with van der Waals surface area (Å²) in [6, 6.07) is 3.79. The third-order valence-electron chi connectivity index (χ3n) is 2.67. The van der Waals surface area contributed by atoms with Gasteiger partial charge in [-0.1, -0.05) is 6.07 Å². The van der Waals surface area contributed by atoms with Crippen LogP contribution in [0.2, 0.25) is 0 Å². The first-order valence-electron chi connectivity index (χ1n) is 5.64. The molecule has 0 bridgehead atoms. The summed E-state index contributed by atoms with van der Waals surface area (Å²) in [5.41, 5.74) is 0.931. The maximum absolute atomic E-state index is 5.80. The third kappa shape index (κ3) is 3.09. The Hall–Kier alpha value is -0.800. The standard InChI is InChI=1S/C12H16ClNO2/c13-8-10-4-3-6-14-12(10)16-9-11-5-1-2-7-15-11/h3-4,6,11H,1-2,5,7-9H2. The number of nitrogens with zero attached hydrogens (tertiary/aromatic N) is 1. The average Bonchev–Trinajstić information content (AvgIpc) is 2.38. The van der Waals surface area contributed by atoms with Crippen LogP contribution in [0.1, 0.15) is 24.8 Å². The van der Waals surface area contributed by atoms with Gasteiger partial charge in [0.05, 0.1) is 12.0 Å². The van der Waals surface area contributed by atoms with E-state index < -0.39 is 0 Å². The van der Waals surface area contributed by atoms with Crippen LogP contribution in [0.5, 0.6) is 5.88 Å². The van der Waals surface area contributed by atoms with E-state index in [9.17, 15) is 0 Å². The molecule has 1 saturated heterocycles. The highest BCUT2D eigenvalue weighted by Gasteiger charge is 2.15. The van der Waals surface area contributed by atoms with Gasteiger partial charge in [-0.2, -0.15) is 0 Å².